The van der Waals surface area contributed by atoms with Crippen LogP contribution in [0.5, 0.6) is 5.75 Å². The number of rotatable bonds is 8. The number of carboxylic acids is 1. The van der Waals surface area contributed by atoms with E-state index in [4.69, 9.17) is 14.6 Å². The number of hydrogen-bond donors (Lipinski definition) is 1. The molecule has 0 fully saturated rings. The van der Waals surface area contributed by atoms with Gasteiger partial charge in [-0.3, -0.25) is 9.59 Å². The molecule has 0 aliphatic rings. The summed E-state index contributed by atoms with van der Waals surface area (Å²) in [4.78, 5) is 21.7. The highest BCUT2D eigenvalue weighted by Crippen LogP contribution is 2.12. The fourth-order valence-corrected chi connectivity index (χ4v) is 1.50. The van der Waals surface area contributed by atoms with E-state index in [9.17, 15) is 9.59 Å². The molecule has 1 aromatic rings. The van der Waals surface area contributed by atoms with Crippen LogP contribution in [0.25, 0.3) is 0 Å². The van der Waals surface area contributed by atoms with Gasteiger partial charge in [0, 0.05) is 12.8 Å². The van der Waals surface area contributed by atoms with E-state index in [-0.39, 0.29) is 25.4 Å². The Morgan fingerprint density at radius 1 is 1.11 bits per heavy atom. The van der Waals surface area contributed by atoms with Gasteiger partial charge in [0.2, 0.25) is 0 Å². The summed E-state index contributed by atoms with van der Waals surface area (Å²) in [5, 5.41) is 8.45. The summed E-state index contributed by atoms with van der Waals surface area (Å²) >= 11 is 0. The molecule has 0 spiro atoms. The number of carbonyl (C=O) groups excluding carboxylic acids is 1. The maximum absolute atomic E-state index is 11.4. The first-order chi connectivity index (χ1) is 9.11. The molecule has 5 nitrogen and oxygen atoms in total. The summed E-state index contributed by atoms with van der Waals surface area (Å²) in [7, 11) is 1.59. The lowest BCUT2D eigenvalue weighted by molar-refractivity contribution is -0.145. The number of hydrogen-bond acceptors (Lipinski definition) is 4. The second-order valence-corrected chi connectivity index (χ2v) is 4.11. The summed E-state index contributed by atoms with van der Waals surface area (Å²) in [5.41, 5.74) is 0.889. The summed E-state index contributed by atoms with van der Waals surface area (Å²) < 4.78 is 10.1. The van der Waals surface area contributed by atoms with Crippen molar-refractivity contribution in [2.24, 2.45) is 0 Å². The van der Waals surface area contributed by atoms with Gasteiger partial charge in [0.05, 0.1) is 7.11 Å². The Balaban J connectivity index is 2.20. The summed E-state index contributed by atoms with van der Waals surface area (Å²) in [6.07, 6.45) is 1.37. The number of carbonyl (C=O) groups is 2. The van der Waals surface area contributed by atoms with Gasteiger partial charge in [0.1, 0.15) is 12.4 Å². The van der Waals surface area contributed by atoms with Crippen molar-refractivity contribution in [3.63, 3.8) is 0 Å². The minimum atomic E-state index is -0.841. The Kier molecular flexibility index (Phi) is 6.43. The zero-order chi connectivity index (χ0) is 14.1. The van der Waals surface area contributed by atoms with E-state index in [0.717, 1.165) is 11.3 Å². The van der Waals surface area contributed by atoms with Crippen LogP contribution in [0.4, 0.5) is 0 Å². The molecule has 1 rings (SSSR count). The predicted molar refractivity (Wildman–Crippen MR) is 68.9 cm³/mol. The van der Waals surface area contributed by atoms with E-state index in [1.807, 2.05) is 12.1 Å². The molecule has 104 valence electrons. The number of unbranched alkanes of at least 4 members (excludes halogenated alkanes) is 1. The monoisotopic (exact) mass is 266 g/mol. The van der Waals surface area contributed by atoms with Crippen LogP contribution >= 0.6 is 0 Å². The minimum Gasteiger partial charge on any atom is -0.497 e. The van der Waals surface area contributed by atoms with Gasteiger partial charge in [-0.1, -0.05) is 12.1 Å². The van der Waals surface area contributed by atoms with E-state index in [0.29, 0.717) is 12.8 Å². The Morgan fingerprint density at radius 2 is 1.74 bits per heavy atom. The SMILES string of the molecule is COc1ccc(COC(=O)CCCCC(=O)O)cc1. The largest absolute Gasteiger partial charge is 0.497 e. The van der Waals surface area contributed by atoms with E-state index < -0.39 is 5.97 Å². The van der Waals surface area contributed by atoms with Gasteiger partial charge in [-0.25, -0.2) is 0 Å². The first kappa shape index (κ1) is 15.0. The molecule has 0 aliphatic carbocycles. The molecule has 0 bridgehead atoms. The Hall–Kier alpha value is -2.04. The molecule has 0 saturated heterocycles. The average Bonchev–Trinajstić information content (AvgIpc) is 2.41. The molecule has 0 heterocycles. The van der Waals surface area contributed by atoms with E-state index in [1.165, 1.54) is 0 Å². The third-order valence-corrected chi connectivity index (χ3v) is 2.58. The van der Waals surface area contributed by atoms with Crippen LogP contribution in [-0.2, 0) is 20.9 Å². The lowest BCUT2D eigenvalue weighted by Gasteiger charge is -2.05. The zero-order valence-corrected chi connectivity index (χ0v) is 10.9. The number of carboxylic acid groups (broad SMARTS) is 1. The van der Waals surface area contributed by atoms with Crippen LogP contribution in [0, 0.1) is 0 Å². The van der Waals surface area contributed by atoms with Crippen molar-refractivity contribution in [1.82, 2.24) is 0 Å². The maximum Gasteiger partial charge on any atom is 0.306 e. The molecule has 5 heteroatoms. The molecule has 0 aliphatic heterocycles. The first-order valence-corrected chi connectivity index (χ1v) is 6.12. The highest BCUT2D eigenvalue weighted by atomic mass is 16.5. The summed E-state index contributed by atoms with van der Waals surface area (Å²) in [6, 6.07) is 7.26. The van der Waals surface area contributed by atoms with E-state index in [1.54, 1.807) is 19.2 Å². The second kappa shape index (κ2) is 8.13. The van der Waals surface area contributed by atoms with Crippen LogP contribution < -0.4 is 4.74 Å². The van der Waals surface area contributed by atoms with Crippen molar-refractivity contribution in [1.29, 1.82) is 0 Å². The zero-order valence-electron chi connectivity index (χ0n) is 10.9. The topological polar surface area (TPSA) is 72.8 Å². The van der Waals surface area contributed by atoms with Crippen LogP contribution in [0.2, 0.25) is 0 Å². The molecule has 0 saturated carbocycles. The van der Waals surface area contributed by atoms with Gasteiger partial charge in [0.15, 0.2) is 0 Å². The first-order valence-electron chi connectivity index (χ1n) is 6.12. The molecular weight excluding hydrogens is 248 g/mol. The average molecular weight is 266 g/mol. The van der Waals surface area contributed by atoms with Crippen molar-refractivity contribution in [3.8, 4) is 5.75 Å². The molecule has 0 atom stereocenters. The van der Waals surface area contributed by atoms with Crippen LogP contribution in [0.3, 0.4) is 0 Å². The molecule has 0 amide bonds. The lowest BCUT2D eigenvalue weighted by Crippen LogP contribution is -2.05. The highest BCUT2D eigenvalue weighted by Gasteiger charge is 2.04. The molecule has 19 heavy (non-hydrogen) atoms. The van der Waals surface area contributed by atoms with Crippen LogP contribution in [0.15, 0.2) is 24.3 Å². The van der Waals surface area contributed by atoms with Crippen molar-refractivity contribution in [2.45, 2.75) is 32.3 Å². The molecule has 1 N–H and O–H groups in total. The number of esters is 1. The number of benzene rings is 1. The van der Waals surface area contributed by atoms with Crippen LogP contribution in [-0.4, -0.2) is 24.2 Å². The quantitative estimate of drug-likeness (QED) is 0.577. The second-order valence-electron chi connectivity index (χ2n) is 4.11. The normalized spacial score (nSPS) is 9.95. The Bertz CT molecular complexity index is 410. The van der Waals surface area contributed by atoms with Gasteiger partial charge in [-0.15, -0.1) is 0 Å². The van der Waals surface area contributed by atoms with Gasteiger partial charge >= 0.3 is 11.9 Å². The Morgan fingerprint density at radius 3 is 2.32 bits per heavy atom. The third kappa shape index (κ3) is 6.45. The summed E-state index contributed by atoms with van der Waals surface area (Å²) in [6.45, 7) is 0.224. The number of methoxy groups -OCH3 is 1. The number of aliphatic carboxylic acids is 1. The lowest BCUT2D eigenvalue weighted by atomic mass is 10.2. The Labute approximate surface area is 112 Å². The van der Waals surface area contributed by atoms with Crippen molar-refractivity contribution >= 4 is 11.9 Å². The summed E-state index contributed by atoms with van der Waals surface area (Å²) in [5.74, 6) is -0.392. The van der Waals surface area contributed by atoms with Gasteiger partial charge in [-0.2, -0.15) is 0 Å². The molecule has 1 aromatic carbocycles. The highest BCUT2D eigenvalue weighted by molar-refractivity contribution is 5.69. The van der Waals surface area contributed by atoms with Crippen LogP contribution in [0.1, 0.15) is 31.2 Å². The predicted octanol–water partition coefficient (Wildman–Crippen LogP) is 2.38. The fourth-order valence-electron chi connectivity index (χ4n) is 1.50. The third-order valence-electron chi connectivity index (χ3n) is 2.58. The van der Waals surface area contributed by atoms with Gasteiger partial charge in [-0.05, 0) is 30.5 Å². The smallest absolute Gasteiger partial charge is 0.306 e. The van der Waals surface area contributed by atoms with Gasteiger partial charge in [0.25, 0.3) is 0 Å². The fraction of sp³-hybridized carbons (Fsp3) is 0.429. The molecule has 0 aromatic heterocycles. The van der Waals surface area contributed by atoms with Crippen molar-refractivity contribution in [2.75, 3.05) is 7.11 Å². The maximum atomic E-state index is 11.4. The molecule has 0 unspecified atom stereocenters. The van der Waals surface area contributed by atoms with Gasteiger partial charge < -0.3 is 14.6 Å². The van der Waals surface area contributed by atoms with E-state index in [2.05, 4.69) is 0 Å². The molecular formula is C14H18O5. The number of ether oxygens (including phenoxy) is 2. The van der Waals surface area contributed by atoms with E-state index >= 15 is 0 Å². The standard InChI is InChI=1S/C14H18O5/c1-18-12-8-6-11(7-9-12)10-19-14(17)5-3-2-4-13(15)16/h6-9H,2-5,10H2,1H3,(H,15,16). The molecule has 0 radical (unpaired) electrons. The minimum absolute atomic E-state index is 0.0890. The van der Waals surface area contributed by atoms with Crippen molar-refractivity contribution in [3.05, 3.63) is 29.8 Å². The van der Waals surface area contributed by atoms with Crippen molar-refractivity contribution < 1.29 is 24.2 Å².